The van der Waals surface area contributed by atoms with Crippen molar-refractivity contribution in [2.75, 3.05) is 12.4 Å². The van der Waals surface area contributed by atoms with E-state index in [1.54, 1.807) is 12.1 Å². The summed E-state index contributed by atoms with van der Waals surface area (Å²) in [5, 5.41) is 0. The summed E-state index contributed by atoms with van der Waals surface area (Å²) in [4.78, 5) is 0.486. The minimum Gasteiger partial charge on any atom is -0.493 e. The molecule has 0 amide bonds. The molecule has 0 N–H and O–H groups in total. The fourth-order valence-electron chi connectivity index (χ4n) is 1.49. The number of rotatable bonds is 5. The fraction of sp³-hybridized carbons (Fsp3) is 0.143. The highest BCUT2D eigenvalue weighted by Gasteiger charge is 2.05. The maximum Gasteiger partial charge on any atom is 0.124 e. The van der Waals surface area contributed by atoms with Gasteiger partial charge in [-0.25, -0.2) is 4.39 Å². The van der Waals surface area contributed by atoms with Crippen LogP contribution in [-0.2, 0) is 10.8 Å². The van der Waals surface area contributed by atoms with Crippen molar-refractivity contribution in [1.29, 1.82) is 0 Å². The molecule has 2 aromatic carbocycles. The van der Waals surface area contributed by atoms with E-state index in [1.165, 1.54) is 12.1 Å². The second-order valence-corrected chi connectivity index (χ2v) is 6.30. The van der Waals surface area contributed by atoms with Gasteiger partial charge in [0.05, 0.1) is 16.6 Å². The van der Waals surface area contributed by atoms with E-state index in [0.717, 1.165) is 10.2 Å². The van der Waals surface area contributed by atoms with E-state index in [2.05, 4.69) is 15.9 Å². The third-order valence-electron chi connectivity index (χ3n) is 2.41. The van der Waals surface area contributed by atoms with E-state index in [9.17, 15) is 8.60 Å². The summed E-state index contributed by atoms with van der Waals surface area (Å²) in [6.45, 7) is 0.324. The molecule has 1 atom stereocenters. The van der Waals surface area contributed by atoms with Crippen molar-refractivity contribution in [3.8, 4) is 5.75 Å². The Kier molecular flexibility index (Phi) is 5.10. The molecule has 0 aliphatic rings. The zero-order valence-electron chi connectivity index (χ0n) is 10.0. The average Bonchev–Trinajstić information content (AvgIpc) is 2.41. The van der Waals surface area contributed by atoms with Crippen LogP contribution >= 0.6 is 15.9 Å². The number of hydrogen-bond acceptors (Lipinski definition) is 2. The predicted molar refractivity (Wildman–Crippen MR) is 77.3 cm³/mol. The molecule has 2 rings (SSSR count). The van der Waals surface area contributed by atoms with Crippen LogP contribution in [0.15, 0.2) is 57.9 Å². The van der Waals surface area contributed by atoms with E-state index in [0.29, 0.717) is 17.3 Å². The molecule has 0 aliphatic heterocycles. The quantitative estimate of drug-likeness (QED) is 0.826. The molecular formula is C14H12BrFO2S. The summed E-state index contributed by atoms with van der Waals surface area (Å²) >= 11 is 3.33. The van der Waals surface area contributed by atoms with Gasteiger partial charge in [0.1, 0.15) is 18.2 Å². The predicted octanol–water partition coefficient (Wildman–Crippen LogP) is 3.77. The van der Waals surface area contributed by atoms with E-state index in [-0.39, 0.29) is 5.82 Å². The van der Waals surface area contributed by atoms with Crippen LogP contribution in [0.1, 0.15) is 0 Å². The molecule has 0 spiro atoms. The van der Waals surface area contributed by atoms with E-state index < -0.39 is 10.8 Å². The van der Waals surface area contributed by atoms with Gasteiger partial charge in [-0.2, -0.15) is 0 Å². The van der Waals surface area contributed by atoms with Crippen molar-refractivity contribution in [3.63, 3.8) is 0 Å². The zero-order valence-corrected chi connectivity index (χ0v) is 12.4. The van der Waals surface area contributed by atoms with Crippen LogP contribution in [0.5, 0.6) is 5.75 Å². The molecule has 0 radical (unpaired) electrons. The van der Waals surface area contributed by atoms with Crippen LogP contribution in [0.3, 0.4) is 0 Å². The third kappa shape index (κ3) is 4.44. The monoisotopic (exact) mass is 342 g/mol. The van der Waals surface area contributed by atoms with E-state index in [1.807, 2.05) is 24.3 Å². The molecule has 2 aromatic rings. The lowest BCUT2D eigenvalue weighted by molar-refractivity contribution is 0.342. The Morgan fingerprint density at radius 1 is 1.16 bits per heavy atom. The highest BCUT2D eigenvalue weighted by molar-refractivity contribution is 9.10. The lowest BCUT2D eigenvalue weighted by Gasteiger charge is -2.06. The Bertz CT molecular complexity index is 572. The minimum absolute atomic E-state index is 0.324. The number of benzene rings is 2. The van der Waals surface area contributed by atoms with E-state index in [4.69, 9.17) is 4.74 Å². The first-order valence-electron chi connectivity index (χ1n) is 5.67. The van der Waals surface area contributed by atoms with Gasteiger partial charge in [-0.15, -0.1) is 0 Å². The van der Waals surface area contributed by atoms with Crippen molar-refractivity contribution in [3.05, 3.63) is 58.8 Å². The first-order chi connectivity index (χ1) is 9.15. The Balaban J connectivity index is 1.86. The molecule has 2 nitrogen and oxygen atoms in total. The van der Waals surface area contributed by atoms with Crippen molar-refractivity contribution in [1.82, 2.24) is 0 Å². The summed E-state index contributed by atoms with van der Waals surface area (Å²) < 4.78 is 31.3. The van der Waals surface area contributed by atoms with Gasteiger partial charge in [0.25, 0.3) is 0 Å². The number of halogens is 2. The Morgan fingerprint density at radius 3 is 2.58 bits per heavy atom. The van der Waals surface area contributed by atoms with Gasteiger partial charge < -0.3 is 4.74 Å². The summed E-state index contributed by atoms with van der Waals surface area (Å²) in [6.07, 6.45) is 0. The van der Waals surface area contributed by atoms with Crippen LogP contribution in [0.4, 0.5) is 4.39 Å². The Morgan fingerprint density at radius 2 is 1.89 bits per heavy atom. The SMILES string of the molecule is O=S(CCOc1ccc(Br)cc1)c1cccc(F)c1. The second kappa shape index (κ2) is 6.82. The van der Waals surface area contributed by atoms with Crippen molar-refractivity contribution in [2.45, 2.75) is 4.90 Å². The minimum atomic E-state index is -1.25. The van der Waals surface area contributed by atoms with Crippen LogP contribution in [-0.4, -0.2) is 16.6 Å². The van der Waals surface area contributed by atoms with Crippen LogP contribution in [0.25, 0.3) is 0 Å². The van der Waals surface area contributed by atoms with Crippen LogP contribution in [0, 0.1) is 5.82 Å². The molecule has 19 heavy (non-hydrogen) atoms. The average molecular weight is 343 g/mol. The molecule has 0 saturated carbocycles. The summed E-state index contributed by atoms with van der Waals surface area (Å²) in [7, 11) is -1.25. The normalized spacial score (nSPS) is 12.1. The van der Waals surface area contributed by atoms with Crippen LogP contribution < -0.4 is 4.74 Å². The molecule has 0 saturated heterocycles. The number of ether oxygens (including phenoxy) is 1. The van der Waals surface area contributed by atoms with Gasteiger partial charge in [0.2, 0.25) is 0 Å². The molecule has 0 fully saturated rings. The fourth-order valence-corrected chi connectivity index (χ4v) is 2.70. The van der Waals surface area contributed by atoms with Crippen LogP contribution in [0.2, 0.25) is 0 Å². The molecule has 0 bridgehead atoms. The van der Waals surface area contributed by atoms with Crippen molar-refractivity contribution in [2.24, 2.45) is 0 Å². The maximum absolute atomic E-state index is 13.0. The Hall–Kier alpha value is -1.20. The van der Waals surface area contributed by atoms with E-state index >= 15 is 0 Å². The largest absolute Gasteiger partial charge is 0.493 e. The van der Waals surface area contributed by atoms with Crippen molar-refractivity contribution >= 4 is 26.7 Å². The molecule has 1 unspecified atom stereocenters. The lowest BCUT2D eigenvalue weighted by Crippen LogP contribution is -2.08. The van der Waals surface area contributed by atoms with Gasteiger partial charge in [0.15, 0.2) is 0 Å². The smallest absolute Gasteiger partial charge is 0.124 e. The highest BCUT2D eigenvalue weighted by atomic mass is 79.9. The molecule has 0 aliphatic carbocycles. The first kappa shape index (κ1) is 14.2. The summed E-state index contributed by atoms with van der Waals surface area (Å²) in [5.41, 5.74) is 0. The lowest BCUT2D eigenvalue weighted by atomic mass is 10.3. The van der Waals surface area contributed by atoms with Gasteiger partial charge >= 0.3 is 0 Å². The molecule has 100 valence electrons. The second-order valence-electron chi connectivity index (χ2n) is 3.81. The summed E-state index contributed by atoms with van der Waals surface area (Å²) in [6, 6.07) is 13.2. The maximum atomic E-state index is 13.0. The van der Waals surface area contributed by atoms with Gasteiger partial charge in [0, 0.05) is 9.37 Å². The van der Waals surface area contributed by atoms with Gasteiger partial charge in [-0.05, 0) is 42.5 Å². The standard InChI is InChI=1S/C14H12BrFO2S/c15-11-4-6-13(7-5-11)18-8-9-19(17)14-3-1-2-12(16)10-14/h1-7,10H,8-9H2. The Labute approximate surface area is 122 Å². The van der Waals surface area contributed by atoms with Gasteiger partial charge in [-0.3, -0.25) is 4.21 Å². The zero-order chi connectivity index (χ0) is 13.7. The number of hydrogen-bond donors (Lipinski definition) is 0. The first-order valence-corrected chi connectivity index (χ1v) is 7.78. The highest BCUT2D eigenvalue weighted by Crippen LogP contribution is 2.16. The van der Waals surface area contributed by atoms with Crippen molar-refractivity contribution < 1.29 is 13.3 Å². The topological polar surface area (TPSA) is 26.3 Å². The third-order valence-corrected chi connectivity index (χ3v) is 4.26. The molecule has 5 heteroatoms. The summed E-state index contributed by atoms with van der Waals surface area (Å²) in [5.74, 6) is 0.679. The molecular weight excluding hydrogens is 331 g/mol. The van der Waals surface area contributed by atoms with Gasteiger partial charge in [-0.1, -0.05) is 22.0 Å². The molecule has 0 heterocycles. The molecule has 0 aromatic heterocycles.